The summed E-state index contributed by atoms with van der Waals surface area (Å²) in [5.41, 5.74) is 9.04. The first-order valence-corrected chi connectivity index (χ1v) is 9.84. The van der Waals surface area contributed by atoms with Crippen LogP contribution in [0, 0.1) is 5.41 Å². The number of nitrogens with zero attached hydrogens (tertiary/aromatic N) is 1. The van der Waals surface area contributed by atoms with E-state index >= 15 is 0 Å². The molecule has 0 aliphatic carbocycles. The Balaban J connectivity index is 1.74. The van der Waals surface area contributed by atoms with E-state index in [-0.39, 0.29) is 18.1 Å². The van der Waals surface area contributed by atoms with Crippen LogP contribution in [0.5, 0.6) is 5.75 Å². The number of nitrogens with one attached hydrogen (secondary N) is 2. The van der Waals surface area contributed by atoms with E-state index in [2.05, 4.69) is 11.9 Å². The summed E-state index contributed by atoms with van der Waals surface area (Å²) in [6, 6.07) is 13.8. The Bertz CT molecular complexity index is 1200. The van der Waals surface area contributed by atoms with Gasteiger partial charge in [-0.1, -0.05) is 43.0 Å². The molecule has 0 saturated heterocycles. The molecule has 8 nitrogen and oxygen atoms in total. The second-order valence-corrected chi connectivity index (χ2v) is 7.38. The summed E-state index contributed by atoms with van der Waals surface area (Å²) >= 11 is 0. The number of fused-ring (bicyclic) bond motifs is 1. The number of nitrogens with two attached hydrogens (primary N) is 1. The predicted octanol–water partition coefficient (Wildman–Crippen LogP) is 2.28. The van der Waals surface area contributed by atoms with E-state index < -0.39 is 17.9 Å². The summed E-state index contributed by atoms with van der Waals surface area (Å²) in [5, 5.41) is 10.3. The topological polar surface area (TPSA) is 118 Å². The van der Waals surface area contributed by atoms with Crippen molar-refractivity contribution in [2.45, 2.75) is 12.6 Å². The molecule has 162 valence electrons. The molecule has 1 amide bonds. The van der Waals surface area contributed by atoms with Crippen molar-refractivity contribution < 1.29 is 19.1 Å². The van der Waals surface area contributed by atoms with Gasteiger partial charge in [0.1, 0.15) is 23.3 Å². The van der Waals surface area contributed by atoms with Crippen LogP contribution in [-0.2, 0) is 20.9 Å². The quantitative estimate of drug-likeness (QED) is 0.381. The van der Waals surface area contributed by atoms with Crippen LogP contribution in [0.2, 0.25) is 0 Å². The summed E-state index contributed by atoms with van der Waals surface area (Å²) in [5.74, 6) is -0.466. The van der Waals surface area contributed by atoms with Crippen LogP contribution in [0.3, 0.4) is 0 Å². The molecular weight excluding hydrogens is 408 g/mol. The van der Waals surface area contributed by atoms with E-state index in [1.165, 1.54) is 13.4 Å². The van der Waals surface area contributed by atoms with Crippen molar-refractivity contribution in [1.29, 1.82) is 5.41 Å². The van der Waals surface area contributed by atoms with Gasteiger partial charge in [-0.25, -0.2) is 4.79 Å². The zero-order valence-electron chi connectivity index (χ0n) is 17.4. The molecule has 8 heteroatoms. The maximum absolute atomic E-state index is 13.2. The van der Waals surface area contributed by atoms with Gasteiger partial charge in [0.25, 0.3) is 5.91 Å². The normalized spacial score (nSPS) is 17.4. The van der Waals surface area contributed by atoms with Gasteiger partial charge < -0.3 is 25.4 Å². The lowest BCUT2D eigenvalue weighted by molar-refractivity contribution is -0.139. The molecule has 4 N–H and O–H groups in total. The minimum atomic E-state index is -0.801. The molecule has 0 bridgehead atoms. The number of hydrogen-bond acceptors (Lipinski definition) is 6. The first-order chi connectivity index (χ1) is 15.4. The molecule has 0 fully saturated rings. The molecule has 2 aliphatic heterocycles. The van der Waals surface area contributed by atoms with Crippen LogP contribution >= 0.6 is 0 Å². The number of nitrogen functional groups attached to an aromatic ring is 1. The number of esters is 1. The number of para-hydroxylation sites is 1. The second kappa shape index (κ2) is 8.43. The fourth-order valence-electron chi connectivity index (χ4n) is 3.74. The summed E-state index contributed by atoms with van der Waals surface area (Å²) in [6.07, 6.45) is 3.07. The zero-order valence-corrected chi connectivity index (χ0v) is 17.4. The SMILES string of the molecule is C=C1C(C2C(=O)NC(C(=O)OC)=CN2Cc2cccc(C(=N)N)c2)=COc2ccccc21. The van der Waals surface area contributed by atoms with E-state index in [9.17, 15) is 9.59 Å². The lowest BCUT2D eigenvalue weighted by atomic mass is 9.90. The second-order valence-electron chi connectivity index (χ2n) is 7.38. The highest BCUT2D eigenvalue weighted by molar-refractivity contribution is 6.01. The number of hydrogen-bond donors (Lipinski definition) is 3. The van der Waals surface area contributed by atoms with Gasteiger partial charge in [-0.05, 0) is 23.3 Å². The predicted molar refractivity (Wildman–Crippen MR) is 119 cm³/mol. The molecule has 1 atom stereocenters. The average Bonchev–Trinajstić information content (AvgIpc) is 2.79. The Labute approximate surface area is 185 Å². The first kappa shape index (κ1) is 20.9. The number of amides is 1. The first-order valence-electron chi connectivity index (χ1n) is 9.84. The lowest BCUT2D eigenvalue weighted by Gasteiger charge is -2.37. The molecule has 2 aromatic carbocycles. The summed E-state index contributed by atoms with van der Waals surface area (Å²) in [7, 11) is 1.25. The Hall–Kier alpha value is -4.33. The lowest BCUT2D eigenvalue weighted by Crippen LogP contribution is -2.51. The van der Waals surface area contributed by atoms with Crippen molar-refractivity contribution in [2.75, 3.05) is 7.11 Å². The fraction of sp³-hybridized carbons (Fsp3) is 0.125. The Kier molecular flexibility index (Phi) is 5.51. The van der Waals surface area contributed by atoms with Gasteiger partial charge in [-0.15, -0.1) is 0 Å². The van der Waals surface area contributed by atoms with Crippen molar-refractivity contribution in [2.24, 2.45) is 5.73 Å². The summed E-state index contributed by atoms with van der Waals surface area (Å²) in [4.78, 5) is 27.0. The molecule has 2 aliphatic rings. The number of methoxy groups -OCH3 is 1. The Morgan fingerprint density at radius 3 is 2.81 bits per heavy atom. The van der Waals surface area contributed by atoms with Gasteiger partial charge in [0, 0.05) is 29.4 Å². The van der Waals surface area contributed by atoms with Crippen LogP contribution in [0.4, 0.5) is 0 Å². The van der Waals surface area contributed by atoms with Gasteiger partial charge in [0.05, 0.1) is 13.4 Å². The van der Waals surface area contributed by atoms with Gasteiger partial charge in [-0.3, -0.25) is 10.2 Å². The molecule has 2 aromatic rings. The van der Waals surface area contributed by atoms with Crippen LogP contribution in [0.15, 0.2) is 78.8 Å². The van der Waals surface area contributed by atoms with E-state index in [1.54, 1.807) is 29.3 Å². The molecule has 1 unspecified atom stereocenters. The number of carbonyl (C=O) groups is 2. The van der Waals surface area contributed by atoms with Crippen LogP contribution in [0.1, 0.15) is 16.7 Å². The van der Waals surface area contributed by atoms with E-state index in [4.69, 9.17) is 20.6 Å². The maximum atomic E-state index is 13.2. The highest BCUT2D eigenvalue weighted by atomic mass is 16.5. The van der Waals surface area contributed by atoms with Gasteiger partial charge in [-0.2, -0.15) is 0 Å². The third-order valence-electron chi connectivity index (χ3n) is 5.31. The van der Waals surface area contributed by atoms with Crippen molar-refractivity contribution in [1.82, 2.24) is 10.2 Å². The summed E-state index contributed by atoms with van der Waals surface area (Å²) in [6.45, 7) is 4.45. The monoisotopic (exact) mass is 430 g/mol. The number of benzene rings is 2. The third kappa shape index (κ3) is 3.85. The van der Waals surface area contributed by atoms with E-state index in [0.717, 1.165) is 11.1 Å². The molecule has 0 spiro atoms. The largest absolute Gasteiger partial charge is 0.464 e. The fourth-order valence-corrected chi connectivity index (χ4v) is 3.74. The molecule has 4 rings (SSSR count). The van der Waals surface area contributed by atoms with Crippen LogP contribution < -0.4 is 15.8 Å². The van der Waals surface area contributed by atoms with Gasteiger partial charge in [0.2, 0.25) is 0 Å². The van der Waals surface area contributed by atoms with E-state index in [0.29, 0.717) is 22.5 Å². The smallest absolute Gasteiger partial charge is 0.356 e. The number of carbonyl (C=O) groups excluding carboxylic acids is 2. The average molecular weight is 430 g/mol. The van der Waals surface area contributed by atoms with E-state index in [1.807, 2.05) is 30.3 Å². The summed E-state index contributed by atoms with van der Waals surface area (Å²) < 4.78 is 10.6. The minimum absolute atomic E-state index is 0.0276. The van der Waals surface area contributed by atoms with Crippen molar-refractivity contribution in [3.63, 3.8) is 0 Å². The Morgan fingerprint density at radius 1 is 1.28 bits per heavy atom. The third-order valence-corrected chi connectivity index (χ3v) is 5.31. The number of amidine groups is 1. The molecule has 0 radical (unpaired) electrons. The zero-order chi connectivity index (χ0) is 22.8. The van der Waals surface area contributed by atoms with Crippen molar-refractivity contribution >= 4 is 23.3 Å². The van der Waals surface area contributed by atoms with Crippen LogP contribution in [-0.4, -0.2) is 35.8 Å². The maximum Gasteiger partial charge on any atom is 0.356 e. The molecule has 32 heavy (non-hydrogen) atoms. The highest BCUT2D eigenvalue weighted by Crippen LogP contribution is 2.38. The standard InChI is InChI=1S/C24H22N4O4/c1-14-17-8-3-4-9-20(17)32-13-18(14)21-23(29)27-19(24(30)31-2)12-28(21)11-15-6-5-7-16(10-15)22(25)26/h3-10,12-13,21H,1,11H2,2H3,(H3,25,26)(H,27,29). The van der Waals surface area contributed by atoms with Crippen molar-refractivity contribution in [3.05, 3.63) is 95.5 Å². The van der Waals surface area contributed by atoms with Crippen molar-refractivity contribution in [3.8, 4) is 5.75 Å². The molecular formula is C24H22N4O4. The molecule has 2 heterocycles. The molecule has 0 saturated carbocycles. The number of rotatable bonds is 5. The molecule has 0 aromatic heterocycles. The highest BCUT2D eigenvalue weighted by Gasteiger charge is 2.37. The van der Waals surface area contributed by atoms with Gasteiger partial charge in [0.15, 0.2) is 0 Å². The minimum Gasteiger partial charge on any atom is -0.464 e. The Morgan fingerprint density at radius 2 is 2.06 bits per heavy atom. The number of ether oxygens (including phenoxy) is 2. The van der Waals surface area contributed by atoms with Gasteiger partial charge >= 0.3 is 5.97 Å². The van der Waals surface area contributed by atoms with Crippen LogP contribution in [0.25, 0.3) is 5.57 Å².